The van der Waals surface area contributed by atoms with Crippen LogP contribution in [-0.4, -0.2) is 50.0 Å². The van der Waals surface area contributed by atoms with Gasteiger partial charge in [-0.1, -0.05) is 11.2 Å². The summed E-state index contributed by atoms with van der Waals surface area (Å²) in [4.78, 5) is 28.1. The molecule has 3 rings (SSSR count). The van der Waals surface area contributed by atoms with Crippen molar-refractivity contribution in [2.45, 2.75) is 32.7 Å². The minimum absolute atomic E-state index is 0.0283. The van der Waals surface area contributed by atoms with Crippen molar-refractivity contribution in [1.82, 2.24) is 25.1 Å². The first-order chi connectivity index (χ1) is 11.7. The Balaban J connectivity index is 1.71. The molecule has 0 saturated carbocycles. The third kappa shape index (κ3) is 3.58. The molecule has 0 spiro atoms. The highest BCUT2D eigenvalue weighted by Crippen LogP contribution is 2.15. The van der Waals surface area contributed by atoms with Crippen LogP contribution in [0.4, 0.5) is 5.95 Å². The van der Waals surface area contributed by atoms with E-state index in [1.54, 1.807) is 24.3 Å². The van der Waals surface area contributed by atoms with Crippen molar-refractivity contribution in [1.29, 1.82) is 0 Å². The van der Waals surface area contributed by atoms with Gasteiger partial charge in [0.1, 0.15) is 0 Å². The number of likely N-dealkylation sites (tertiary alicyclic amines) is 1. The summed E-state index contributed by atoms with van der Waals surface area (Å²) in [7, 11) is 0. The molecule has 1 saturated heterocycles. The van der Waals surface area contributed by atoms with Crippen molar-refractivity contribution in [2.24, 2.45) is 0 Å². The largest absolute Gasteiger partial charge is 0.339 e. The molecule has 8 heteroatoms. The van der Waals surface area contributed by atoms with E-state index >= 15 is 0 Å². The maximum Gasteiger partial charge on any atom is 0.270 e. The zero-order valence-electron chi connectivity index (χ0n) is 13.6. The van der Waals surface area contributed by atoms with Gasteiger partial charge in [-0.3, -0.25) is 14.9 Å². The number of carbonyl (C=O) groups is 2. The number of aryl methyl sites for hydroxylation is 1. The number of tetrazole rings is 1. The molecular formula is C16H20N6O2. The predicted octanol–water partition coefficient (Wildman–Crippen LogP) is 1.57. The second-order valence-corrected chi connectivity index (χ2v) is 5.69. The summed E-state index contributed by atoms with van der Waals surface area (Å²) in [5.41, 5.74) is 0.917. The quantitative estimate of drug-likeness (QED) is 0.919. The summed E-state index contributed by atoms with van der Waals surface area (Å²) in [5.74, 6) is -0.243. The first-order valence-corrected chi connectivity index (χ1v) is 8.16. The van der Waals surface area contributed by atoms with Crippen LogP contribution in [0.3, 0.4) is 0 Å². The van der Waals surface area contributed by atoms with E-state index in [1.807, 2.05) is 11.8 Å². The molecule has 0 aliphatic carbocycles. The van der Waals surface area contributed by atoms with Crippen LogP contribution in [0.2, 0.25) is 0 Å². The standard InChI is InChI=1S/C16H20N6O2/c1-2-22-19-16(18-20-22)17-14(23)12-7-6-8-13(11-12)15(24)21-9-4-3-5-10-21/h6-8,11H,2-5,9-10H2,1H3,(H,17,19,23). The van der Waals surface area contributed by atoms with Crippen LogP contribution in [0.15, 0.2) is 24.3 Å². The molecule has 2 amide bonds. The highest BCUT2D eigenvalue weighted by Gasteiger charge is 2.19. The van der Waals surface area contributed by atoms with Gasteiger partial charge < -0.3 is 4.90 Å². The molecule has 1 aromatic heterocycles. The molecule has 24 heavy (non-hydrogen) atoms. The van der Waals surface area contributed by atoms with E-state index in [0.29, 0.717) is 17.7 Å². The smallest absolute Gasteiger partial charge is 0.270 e. The number of hydrogen-bond donors (Lipinski definition) is 1. The Hall–Kier alpha value is -2.77. The van der Waals surface area contributed by atoms with Gasteiger partial charge in [-0.05, 0) is 49.6 Å². The Labute approximate surface area is 139 Å². The Kier molecular flexibility index (Phi) is 4.83. The number of amides is 2. The number of nitrogens with zero attached hydrogens (tertiary/aromatic N) is 5. The third-order valence-electron chi connectivity index (χ3n) is 3.98. The van der Waals surface area contributed by atoms with E-state index in [0.717, 1.165) is 32.4 Å². The molecule has 126 valence electrons. The first kappa shape index (κ1) is 16.1. The molecule has 0 radical (unpaired) electrons. The van der Waals surface area contributed by atoms with E-state index in [1.165, 1.54) is 4.80 Å². The number of rotatable bonds is 4. The van der Waals surface area contributed by atoms with Gasteiger partial charge in [0, 0.05) is 24.2 Å². The Morgan fingerprint density at radius 1 is 1.17 bits per heavy atom. The lowest BCUT2D eigenvalue weighted by Gasteiger charge is -2.26. The van der Waals surface area contributed by atoms with Crippen molar-refractivity contribution in [2.75, 3.05) is 18.4 Å². The number of nitrogens with one attached hydrogen (secondary N) is 1. The van der Waals surface area contributed by atoms with Gasteiger partial charge in [-0.25, -0.2) is 0 Å². The molecule has 0 atom stereocenters. The van der Waals surface area contributed by atoms with Crippen molar-refractivity contribution in [3.8, 4) is 0 Å². The fourth-order valence-corrected chi connectivity index (χ4v) is 2.67. The van der Waals surface area contributed by atoms with Crippen LogP contribution in [0.5, 0.6) is 0 Å². The summed E-state index contributed by atoms with van der Waals surface area (Å²) in [6, 6.07) is 6.71. The van der Waals surface area contributed by atoms with Gasteiger partial charge in [-0.2, -0.15) is 4.80 Å². The summed E-state index contributed by atoms with van der Waals surface area (Å²) in [5, 5.41) is 14.1. The van der Waals surface area contributed by atoms with E-state index in [-0.39, 0.29) is 17.8 Å². The second kappa shape index (κ2) is 7.20. The van der Waals surface area contributed by atoms with Crippen LogP contribution in [0.1, 0.15) is 46.9 Å². The molecule has 1 aliphatic heterocycles. The normalized spacial score (nSPS) is 14.5. The van der Waals surface area contributed by atoms with E-state index in [9.17, 15) is 9.59 Å². The number of benzene rings is 1. The third-order valence-corrected chi connectivity index (χ3v) is 3.98. The average Bonchev–Trinajstić information content (AvgIpc) is 3.09. The van der Waals surface area contributed by atoms with Gasteiger partial charge in [0.15, 0.2) is 0 Å². The molecule has 0 unspecified atom stereocenters. The number of piperidine rings is 1. The van der Waals surface area contributed by atoms with E-state index in [2.05, 4.69) is 20.7 Å². The fraction of sp³-hybridized carbons (Fsp3) is 0.438. The molecule has 2 aromatic rings. The zero-order chi connectivity index (χ0) is 16.9. The van der Waals surface area contributed by atoms with Crippen molar-refractivity contribution in [3.63, 3.8) is 0 Å². The number of hydrogen-bond acceptors (Lipinski definition) is 5. The lowest BCUT2D eigenvalue weighted by atomic mass is 10.1. The summed E-state index contributed by atoms with van der Waals surface area (Å²) in [6.07, 6.45) is 3.23. The molecule has 1 N–H and O–H groups in total. The SMILES string of the molecule is CCn1nnc(NC(=O)c2cccc(C(=O)N3CCCCC3)c2)n1. The minimum atomic E-state index is -0.362. The molecule has 8 nitrogen and oxygen atoms in total. The highest BCUT2D eigenvalue weighted by molar-refractivity contribution is 6.05. The van der Waals surface area contributed by atoms with Crippen LogP contribution >= 0.6 is 0 Å². The molecule has 1 aromatic carbocycles. The van der Waals surface area contributed by atoms with Crippen LogP contribution in [0.25, 0.3) is 0 Å². The number of anilines is 1. The average molecular weight is 328 g/mol. The molecule has 1 aliphatic rings. The highest BCUT2D eigenvalue weighted by atomic mass is 16.2. The molecular weight excluding hydrogens is 308 g/mol. The van der Waals surface area contributed by atoms with Gasteiger partial charge >= 0.3 is 0 Å². The number of carbonyl (C=O) groups excluding carboxylic acids is 2. The van der Waals surface area contributed by atoms with Gasteiger partial charge in [0.2, 0.25) is 0 Å². The lowest BCUT2D eigenvalue weighted by molar-refractivity contribution is 0.0724. The summed E-state index contributed by atoms with van der Waals surface area (Å²) in [6.45, 7) is 4.00. The first-order valence-electron chi connectivity index (χ1n) is 8.16. The topological polar surface area (TPSA) is 93.0 Å². The Morgan fingerprint density at radius 2 is 1.92 bits per heavy atom. The van der Waals surface area contributed by atoms with E-state index in [4.69, 9.17) is 0 Å². The minimum Gasteiger partial charge on any atom is -0.339 e. The van der Waals surface area contributed by atoms with Gasteiger partial charge in [-0.15, -0.1) is 5.10 Å². The van der Waals surface area contributed by atoms with Crippen LogP contribution in [0, 0.1) is 0 Å². The summed E-state index contributed by atoms with van der Waals surface area (Å²) < 4.78 is 0. The lowest BCUT2D eigenvalue weighted by Crippen LogP contribution is -2.35. The Bertz CT molecular complexity index is 736. The summed E-state index contributed by atoms with van der Waals surface area (Å²) >= 11 is 0. The predicted molar refractivity (Wildman–Crippen MR) is 87.6 cm³/mol. The monoisotopic (exact) mass is 328 g/mol. The molecule has 1 fully saturated rings. The van der Waals surface area contributed by atoms with Crippen LogP contribution in [-0.2, 0) is 6.54 Å². The number of aromatic nitrogens is 4. The van der Waals surface area contributed by atoms with Crippen LogP contribution < -0.4 is 5.32 Å². The van der Waals surface area contributed by atoms with Gasteiger partial charge in [0.25, 0.3) is 17.8 Å². The maximum absolute atomic E-state index is 12.5. The van der Waals surface area contributed by atoms with Crippen molar-refractivity contribution in [3.05, 3.63) is 35.4 Å². The zero-order valence-corrected chi connectivity index (χ0v) is 13.6. The Morgan fingerprint density at radius 3 is 2.62 bits per heavy atom. The van der Waals surface area contributed by atoms with Gasteiger partial charge in [0.05, 0.1) is 6.54 Å². The van der Waals surface area contributed by atoms with Crippen molar-refractivity contribution >= 4 is 17.8 Å². The fourth-order valence-electron chi connectivity index (χ4n) is 2.67. The second-order valence-electron chi connectivity index (χ2n) is 5.69. The molecule has 0 bridgehead atoms. The maximum atomic E-state index is 12.5. The molecule has 2 heterocycles. The van der Waals surface area contributed by atoms with Crippen molar-refractivity contribution < 1.29 is 9.59 Å². The van der Waals surface area contributed by atoms with E-state index < -0.39 is 0 Å².